The zero-order chi connectivity index (χ0) is 27.8. The fraction of sp³-hybridized carbons (Fsp3) is 0.200. The maximum absolute atomic E-state index is 13.0. The Morgan fingerprint density at radius 2 is 1.68 bits per heavy atom. The molecule has 6 rings (SSSR count). The Hall–Kier alpha value is -5.12. The monoisotopic (exact) mass is 532 g/mol. The van der Waals surface area contributed by atoms with Gasteiger partial charge in [0.2, 0.25) is 0 Å². The van der Waals surface area contributed by atoms with Crippen LogP contribution >= 0.6 is 0 Å². The molecule has 5 heterocycles. The highest BCUT2D eigenvalue weighted by atomic mass is 16.2. The number of Topliss-reactive ketones (excluding diaryl/α,β-unsaturated/α-hetero) is 1. The van der Waals surface area contributed by atoms with Gasteiger partial charge < -0.3 is 16.4 Å². The number of anilines is 2. The predicted octanol–water partition coefficient (Wildman–Crippen LogP) is 4.24. The molecule has 1 aromatic carbocycles. The van der Waals surface area contributed by atoms with Crippen LogP contribution in [0.3, 0.4) is 0 Å². The van der Waals surface area contributed by atoms with Crippen molar-refractivity contribution in [3.63, 3.8) is 0 Å². The van der Waals surface area contributed by atoms with Crippen molar-refractivity contribution < 1.29 is 9.59 Å². The molecule has 0 aliphatic carbocycles. The minimum atomic E-state index is -0.198. The first-order valence-corrected chi connectivity index (χ1v) is 13.1. The molecule has 0 unspecified atom stereocenters. The molecule has 1 fully saturated rings. The number of nitrogens with two attached hydrogens (primary N) is 2. The first kappa shape index (κ1) is 25.2. The number of carbonyl (C=O) groups excluding carboxylic acids is 2. The minimum Gasteiger partial charge on any atom is -0.397 e. The third-order valence-corrected chi connectivity index (χ3v) is 7.42. The Morgan fingerprint density at radius 3 is 2.35 bits per heavy atom. The normalized spacial score (nSPS) is 14.0. The van der Waals surface area contributed by atoms with Crippen molar-refractivity contribution in [2.45, 2.75) is 25.7 Å². The number of likely N-dealkylation sites (tertiary alicyclic amines) is 1. The van der Waals surface area contributed by atoms with E-state index in [1.54, 1.807) is 35.6 Å². The predicted molar refractivity (Wildman–Crippen MR) is 153 cm³/mol. The van der Waals surface area contributed by atoms with E-state index in [0.717, 1.165) is 22.4 Å². The van der Waals surface area contributed by atoms with Crippen molar-refractivity contribution in [2.24, 2.45) is 0 Å². The summed E-state index contributed by atoms with van der Waals surface area (Å²) in [4.78, 5) is 41.3. The average Bonchev–Trinajstić information content (AvgIpc) is 3.42. The number of nitrogen functional groups attached to an aromatic ring is 2. The maximum atomic E-state index is 13.0. The van der Waals surface area contributed by atoms with Crippen LogP contribution in [0.5, 0.6) is 0 Å². The summed E-state index contributed by atoms with van der Waals surface area (Å²) in [5.41, 5.74) is 18.2. The molecule has 4 aromatic heterocycles. The lowest BCUT2D eigenvalue weighted by Crippen LogP contribution is -2.39. The summed E-state index contributed by atoms with van der Waals surface area (Å²) in [5, 5.41) is 4.46. The van der Waals surface area contributed by atoms with Gasteiger partial charge in [-0.3, -0.25) is 14.6 Å². The molecule has 0 radical (unpaired) electrons. The zero-order valence-corrected chi connectivity index (χ0v) is 22.0. The molecule has 0 atom stereocenters. The van der Waals surface area contributed by atoms with Gasteiger partial charge in [-0.25, -0.2) is 9.97 Å². The van der Waals surface area contributed by atoms with Gasteiger partial charge in [0.05, 0.1) is 28.8 Å². The molecule has 1 saturated heterocycles. The van der Waals surface area contributed by atoms with E-state index in [2.05, 4.69) is 15.1 Å². The second kappa shape index (κ2) is 10.2. The van der Waals surface area contributed by atoms with Crippen LogP contribution in [0, 0.1) is 0 Å². The van der Waals surface area contributed by atoms with Gasteiger partial charge in [-0.2, -0.15) is 9.61 Å². The van der Waals surface area contributed by atoms with E-state index in [1.165, 1.54) is 11.4 Å². The van der Waals surface area contributed by atoms with Gasteiger partial charge in [0.25, 0.3) is 5.91 Å². The molecule has 40 heavy (non-hydrogen) atoms. The summed E-state index contributed by atoms with van der Waals surface area (Å²) >= 11 is 0. The van der Waals surface area contributed by atoms with Gasteiger partial charge in [0.15, 0.2) is 17.1 Å². The second-order valence-electron chi connectivity index (χ2n) is 9.91. The summed E-state index contributed by atoms with van der Waals surface area (Å²) in [6, 6.07) is 17.3. The Morgan fingerprint density at radius 1 is 0.900 bits per heavy atom. The molecule has 10 nitrogen and oxygen atoms in total. The fourth-order valence-electron chi connectivity index (χ4n) is 5.33. The van der Waals surface area contributed by atoms with Gasteiger partial charge in [-0.1, -0.05) is 36.4 Å². The average molecular weight is 533 g/mol. The number of aromatic nitrogens is 5. The van der Waals surface area contributed by atoms with Crippen molar-refractivity contribution in [3.05, 3.63) is 90.1 Å². The van der Waals surface area contributed by atoms with Crippen molar-refractivity contribution in [3.8, 4) is 22.4 Å². The highest BCUT2D eigenvalue weighted by molar-refractivity contribution is 6.00. The summed E-state index contributed by atoms with van der Waals surface area (Å²) in [5.74, 6) is -0.173. The number of ketones is 1. The Kier molecular flexibility index (Phi) is 6.43. The lowest BCUT2D eigenvalue weighted by molar-refractivity contribution is 0.0706. The van der Waals surface area contributed by atoms with Crippen LogP contribution in [0.1, 0.15) is 52.2 Å². The molecule has 4 N–H and O–H groups in total. The number of rotatable bonds is 5. The topological polar surface area (TPSA) is 145 Å². The van der Waals surface area contributed by atoms with Crippen LogP contribution in [-0.4, -0.2) is 54.2 Å². The largest absolute Gasteiger partial charge is 0.397 e. The zero-order valence-electron chi connectivity index (χ0n) is 22.0. The van der Waals surface area contributed by atoms with Crippen LogP contribution in [0.4, 0.5) is 11.5 Å². The van der Waals surface area contributed by atoms with E-state index in [1.807, 2.05) is 42.5 Å². The summed E-state index contributed by atoms with van der Waals surface area (Å²) in [6.07, 6.45) is 6.30. The van der Waals surface area contributed by atoms with Crippen LogP contribution < -0.4 is 11.5 Å². The number of hydrogen-bond donors (Lipinski definition) is 2. The molecular formula is C30H28N8O2. The highest BCUT2D eigenvalue weighted by Crippen LogP contribution is 2.35. The minimum absolute atomic E-state index is 0.0577. The summed E-state index contributed by atoms with van der Waals surface area (Å²) < 4.78 is 1.52. The molecule has 0 bridgehead atoms. The fourth-order valence-corrected chi connectivity index (χ4v) is 5.33. The van der Waals surface area contributed by atoms with Gasteiger partial charge in [-0.05, 0) is 38.0 Å². The molecule has 1 aliphatic heterocycles. The van der Waals surface area contributed by atoms with E-state index >= 15 is 0 Å². The second-order valence-corrected chi connectivity index (χ2v) is 9.91. The number of amides is 1. The first-order chi connectivity index (χ1) is 19.4. The van der Waals surface area contributed by atoms with Crippen LogP contribution in [0.15, 0.2) is 73.2 Å². The molecule has 1 amide bonds. The van der Waals surface area contributed by atoms with Crippen molar-refractivity contribution in [2.75, 3.05) is 24.6 Å². The van der Waals surface area contributed by atoms with Gasteiger partial charge in [-0.15, -0.1) is 0 Å². The molecular weight excluding hydrogens is 504 g/mol. The van der Waals surface area contributed by atoms with Crippen molar-refractivity contribution in [1.29, 1.82) is 0 Å². The standard InChI is InChI=1S/C30H28N8O2/c1-18(39)25-26(20-11-14-37(15-12-20)30(40)27-23(31)8-5-13-33-27)36-29-22(17-35-38(29)28(25)32)21-9-10-24(34-16-21)19-6-3-2-4-7-19/h2-10,13,16-17,20H,11-12,14-15,31-32H2,1H3. The lowest BCUT2D eigenvalue weighted by Gasteiger charge is -2.32. The number of carbonyl (C=O) groups is 2. The molecule has 0 saturated carbocycles. The van der Waals surface area contributed by atoms with Crippen molar-refractivity contribution >= 4 is 28.8 Å². The number of hydrogen-bond acceptors (Lipinski definition) is 8. The van der Waals surface area contributed by atoms with Crippen LogP contribution in [-0.2, 0) is 0 Å². The van der Waals surface area contributed by atoms with E-state index in [-0.39, 0.29) is 29.1 Å². The number of pyridine rings is 2. The van der Waals surface area contributed by atoms with E-state index in [0.29, 0.717) is 48.5 Å². The van der Waals surface area contributed by atoms with Gasteiger partial charge >= 0.3 is 0 Å². The first-order valence-electron chi connectivity index (χ1n) is 13.1. The van der Waals surface area contributed by atoms with E-state index in [9.17, 15) is 9.59 Å². The Labute approximate surface area is 230 Å². The third kappa shape index (κ3) is 4.43. The van der Waals surface area contributed by atoms with Crippen LogP contribution in [0.2, 0.25) is 0 Å². The van der Waals surface area contributed by atoms with E-state index in [4.69, 9.17) is 16.5 Å². The lowest BCUT2D eigenvalue weighted by atomic mass is 9.89. The summed E-state index contributed by atoms with van der Waals surface area (Å²) in [7, 11) is 0. The SMILES string of the molecule is CC(=O)c1c(C2CCN(C(=O)c3ncccc3N)CC2)nc2c(-c3ccc(-c4ccccc4)nc3)cnn2c1N. The molecule has 0 spiro atoms. The number of piperidine rings is 1. The molecule has 5 aromatic rings. The number of nitrogens with zero attached hydrogens (tertiary/aromatic N) is 6. The highest BCUT2D eigenvalue weighted by Gasteiger charge is 2.31. The van der Waals surface area contributed by atoms with Crippen LogP contribution in [0.25, 0.3) is 28.0 Å². The number of fused-ring (bicyclic) bond motifs is 1. The van der Waals surface area contributed by atoms with Crippen molar-refractivity contribution in [1.82, 2.24) is 29.5 Å². The van der Waals surface area contributed by atoms with Gasteiger partial charge in [0.1, 0.15) is 5.82 Å². The maximum Gasteiger partial charge on any atom is 0.274 e. The Balaban J connectivity index is 1.32. The van der Waals surface area contributed by atoms with Gasteiger partial charge in [0, 0.05) is 48.1 Å². The third-order valence-electron chi connectivity index (χ3n) is 7.42. The van der Waals surface area contributed by atoms with E-state index < -0.39 is 0 Å². The smallest absolute Gasteiger partial charge is 0.274 e. The molecule has 10 heteroatoms. The molecule has 1 aliphatic rings. The summed E-state index contributed by atoms with van der Waals surface area (Å²) in [6.45, 7) is 2.46. The number of benzene rings is 1. The quantitative estimate of drug-likeness (QED) is 0.320. The molecule has 200 valence electrons. The Bertz CT molecular complexity index is 1720.